The summed E-state index contributed by atoms with van der Waals surface area (Å²) in [5.41, 5.74) is 6.69. The second kappa shape index (κ2) is 5.60. The number of rotatable bonds is 4. The molecule has 0 spiro atoms. The fourth-order valence-electron chi connectivity index (χ4n) is 1.66. The lowest BCUT2D eigenvalue weighted by Crippen LogP contribution is -2.17. The third-order valence-corrected chi connectivity index (χ3v) is 2.39. The third kappa shape index (κ3) is 3.28. The van der Waals surface area contributed by atoms with Crippen LogP contribution in [0.1, 0.15) is 12.5 Å². The van der Waals surface area contributed by atoms with Crippen molar-refractivity contribution in [3.05, 3.63) is 54.1 Å². The molecule has 0 amide bonds. The molecule has 0 bridgehead atoms. The molecule has 94 valence electrons. The molecule has 1 aromatic heterocycles. The molecule has 1 heterocycles. The molecule has 0 aliphatic carbocycles. The predicted molar refractivity (Wildman–Crippen MR) is 68.1 cm³/mol. The molecule has 0 aliphatic rings. The highest BCUT2D eigenvalue weighted by Gasteiger charge is 2.05. The van der Waals surface area contributed by atoms with Crippen LogP contribution < -0.4 is 10.5 Å². The largest absolute Gasteiger partial charge is 0.453 e. The SMILES string of the molecule is CC(N)Cc1cncc(Oc2ccccc2F)c1. The molecule has 0 aliphatic heterocycles. The van der Waals surface area contributed by atoms with Crippen molar-refractivity contribution in [2.24, 2.45) is 5.73 Å². The average molecular weight is 246 g/mol. The molecule has 0 fully saturated rings. The molecule has 4 heteroatoms. The number of aromatic nitrogens is 1. The van der Waals surface area contributed by atoms with Crippen LogP contribution in [0.2, 0.25) is 0 Å². The van der Waals surface area contributed by atoms with E-state index in [2.05, 4.69) is 4.98 Å². The van der Waals surface area contributed by atoms with Gasteiger partial charge in [-0.1, -0.05) is 12.1 Å². The number of hydrogen-bond donors (Lipinski definition) is 1. The molecule has 1 aromatic carbocycles. The van der Waals surface area contributed by atoms with Crippen molar-refractivity contribution in [3.63, 3.8) is 0 Å². The molecule has 0 saturated carbocycles. The molecule has 2 rings (SSSR count). The van der Waals surface area contributed by atoms with Gasteiger partial charge < -0.3 is 10.5 Å². The van der Waals surface area contributed by atoms with Crippen LogP contribution in [0.25, 0.3) is 0 Å². The molecule has 0 saturated heterocycles. The summed E-state index contributed by atoms with van der Waals surface area (Å²) in [4.78, 5) is 4.06. The Morgan fingerprint density at radius 3 is 2.83 bits per heavy atom. The van der Waals surface area contributed by atoms with Crippen LogP contribution >= 0.6 is 0 Å². The molecule has 0 radical (unpaired) electrons. The van der Waals surface area contributed by atoms with Crippen LogP contribution in [0, 0.1) is 5.82 Å². The topological polar surface area (TPSA) is 48.1 Å². The van der Waals surface area contributed by atoms with E-state index in [1.807, 2.05) is 13.0 Å². The second-order valence-corrected chi connectivity index (χ2v) is 4.24. The number of nitrogens with two attached hydrogens (primary N) is 1. The number of halogens is 1. The van der Waals surface area contributed by atoms with E-state index in [-0.39, 0.29) is 11.8 Å². The summed E-state index contributed by atoms with van der Waals surface area (Å²) in [7, 11) is 0. The van der Waals surface area contributed by atoms with E-state index in [0.29, 0.717) is 12.2 Å². The number of ether oxygens (including phenoxy) is 1. The molecular weight excluding hydrogens is 231 g/mol. The van der Waals surface area contributed by atoms with E-state index >= 15 is 0 Å². The van der Waals surface area contributed by atoms with Gasteiger partial charge in [0.2, 0.25) is 0 Å². The molecule has 1 unspecified atom stereocenters. The fraction of sp³-hybridized carbons (Fsp3) is 0.214. The first kappa shape index (κ1) is 12.5. The Morgan fingerprint density at radius 2 is 2.11 bits per heavy atom. The lowest BCUT2D eigenvalue weighted by molar-refractivity contribution is 0.440. The zero-order chi connectivity index (χ0) is 13.0. The van der Waals surface area contributed by atoms with Gasteiger partial charge in [-0.15, -0.1) is 0 Å². The van der Waals surface area contributed by atoms with Crippen molar-refractivity contribution < 1.29 is 9.13 Å². The van der Waals surface area contributed by atoms with Crippen LogP contribution in [-0.4, -0.2) is 11.0 Å². The minimum Gasteiger partial charge on any atom is -0.453 e. The van der Waals surface area contributed by atoms with E-state index in [9.17, 15) is 4.39 Å². The molecule has 3 nitrogen and oxygen atoms in total. The van der Waals surface area contributed by atoms with Crippen LogP contribution in [0.4, 0.5) is 4.39 Å². The van der Waals surface area contributed by atoms with E-state index in [0.717, 1.165) is 5.56 Å². The molecule has 2 aromatic rings. The van der Waals surface area contributed by atoms with Crippen LogP contribution in [0.15, 0.2) is 42.7 Å². The number of hydrogen-bond acceptors (Lipinski definition) is 3. The smallest absolute Gasteiger partial charge is 0.165 e. The van der Waals surface area contributed by atoms with E-state index in [1.54, 1.807) is 30.6 Å². The van der Waals surface area contributed by atoms with E-state index in [4.69, 9.17) is 10.5 Å². The maximum Gasteiger partial charge on any atom is 0.165 e. The summed E-state index contributed by atoms with van der Waals surface area (Å²) in [5, 5.41) is 0. The van der Waals surface area contributed by atoms with Gasteiger partial charge in [-0.05, 0) is 37.1 Å². The lowest BCUT2D eigenvalue weighted by atomic mass is 10.1. The number of nitrogens with zero attached hydrogens (tertiary/aromatic N) is 1. The highest BCUT2D eigenvalue weighted by molar-refractivity contribution is 5.32. The summed E-state index contributed by atoms with van der Waals surface area (Å²) >= 11 is 0. The van der Waals surface area contributed by atoms with Crippen LogP contribution in [0.5, 0.6) is 11.5 Å². The zero-order valence-electron chi connectivity index (χ0n) is 10.1. The van der Waals surface area contributed by atoms with Crippen molar-refractivity contribution in [2.75, 3.05) is 0 Å². The molecular formula is C14H15FN2O. The Morgan fingerprint density at radius 1 is 1.33 bits per heavy atom. The number of para-hydroxylation sites is 1. The van der Waals surface area contributed by atoms with Gasteiger partial charge in [0, 0.05) is 12.2 Å². The average Bonchev–Trinajstić information content (AvgIpc) is 2.32. The number of benzene rings is 1. The normalized spacial score (nSPS) is 12.2. The van der Waals surface area contributed by atoms with Crippen molar-refractivity contribution in [3.8, 4) is 11.5 Å². The van der Waals surface area contributed by atoms with Gasteiger partial charge in [0.15, 0.2) is 11.6 Å². The first-order chi connectivity index (χ1) is 8.65. The molecule has 18 heavy (non-hydrogen) atoms. The summed E-state index contributed by atoms with van der Waals surface area (Å²) in [6, 6.07) is 8.14. The standard InChI is InChI=1S/C14H15FN2O/c1-10(16)6-11-7-12(9-17-8-11)18-14-5-3-2-4-13(14)15/h2-5,7-10H,6,16H2,1H3. The summed E-state index contributed by atoms with van der Waals surface area (Å²) in [6.45, 7) is 1.92. The lowest BCUT2D eigenvalue weighted by Gasteiger charge is -2.09. The van der Waals surface area contributed by atoms with Crippen molar-refractivity contribution in [1.29, 1.82) is 0 Å². The van der Waals surface area contributed by atoms with Gasteiger partial charge in [-0.2, -0.15) is 0 Å². The highest BCUT2D eigenvalue weighted by atomic mass is 19.1. The molecule has 2 N–H and O–H groups in total. The minimum absolute atomic E-state index is 0.0514. The quantitative estimate of drug-likeness (QED) is 0.902. The fourth-order valence-corrected chi connectivity index (χ4v) is 1.66. The summed E-state index contributed by atoms with van der Waals surface area (Å²) in [6.07, 6.45) is 4.00. The Labute approximate surface area is 105 Å². The van der Waals surface area contributed by atoms with Gasteiger partial charge in [-0.3, -0.25) is 4.98 Å². The summed E-state index contributed by atoms with van der Waals surface area (Å²) < 4.78 is 18.9. The maximum atomic E-state index is 13.4. The third-order valence-electron chi connectivity index (χ3n) is 2.39. The van der Waals surface area contributed by atoms with Crippen molar-refractivity contribution in [1.82, 2.24) is 4.98 Å². The monoisotopic (exact) mass is 246 g/mol. The van der Waals surface area contributed by atoms with E-state index in [1.165, 1.54) is 6.07 Å². The zero-order valence-corrected chi connectivity index (χ0v) is 10.1. The first-order valence-corrected chi connectivity index (χ1v) is 5.77. The minimum atomic E-state index is -0.393. The van der Waals surface area contributed by atoms with Gasteiger partial charge >= 0.3 is 0 Å². The van der Waals surface area contributed by atoms with Gasteiger partial charge in [0.1, 0.15) is 5.75 Å². The van der Waals surface area contributed by atoms with Crippen LogP contribution in [0.3, 0.4) is 0 Å². The predicted octanol–water partition coefficient (Wildman–Crippen LogP) is 2.90. The maximum absolute atomic E-state index is 13.4. The van der Waals surface area contributed by atoms with Gasteiger partial charge in [0.25, 0.3) is 0 Å². The van der Waals surface area contributed by atoms with Crippen molar-refractivity contribution in [2.45, 2.75) is 19.4 Å². The number of pyridine rings is 1. The van der Waals surface area contributed by atoms with Gasteiger partial charge in [-0.25, -0.2) is 4.39 Å². The Balaban J connectivity index is 2.17. The Bertz CT molecular complexity index is 529. The van der Waals surface area contributed by atoms with Crippen molar-refractivity contribution >= 4 is 0 Å². The Kier molecular flexibility index (Phi) is 3.89. The summed E-state index contributed by atoms with van der Waals surface area (Å²) in [5.74, 6) is 0.311. The second-order valence-electron chi connectivity index (χ2n) is 4.24. The van der Waals surface area contributed by atoms with E-state index < -0.39 is 5.82 Å². The Hall–Kier alpha value is -1.94. The molecule has 1 atom stereocenters. The first-order valence-electron chi connectivity index (χ1n) is 5.77. The van der Waals surface area contributed by atoms with Gasteiger partial charge in [0.05, 0.1) is 6.20 Å². The highest BCUT2D eigenvalue weighted by Crippen LogP contribution is 2.24. The van der Waals surface area contributed by atoms with Crippen LogP contribution in [-0.2, 0) is 6.42 Å².